The zero-order chi connectivity index (χ0) is 9.97. The van der Waals surface area contributed by atoms with Gasteiger partial charge in [0.05, 0.1) is 5.69 Å². The van der Waals surface area contributed by atoms with Crippen LogP contribution in [0.25, 0.3) is 5.65 Å². The van der Waals surface area contributed by atoms with Crippen molar-refractivity contribution >= 4 is 5.65 Å². The molecule has 0 spiro atoms. The summed E-state index contributed by atoms with van der Waals surface area (Å²) in [5.74, 6) is 0. The van der Waals surface area contributed by atoms with E-state index in [2.05, 4.69) is 28.9 Å². The number of hydrogen-bond acceptors (Lipinski definition) is 2. The summed E-state index contributed by atoms with van der Waals surface area (Å²) in [7, 11) is 0. The van der Waals surface area contributed by atoms with Gasteiger partial charge in [-0.15, -0.1) is 0 Å². The van der Waals surface area contributed by atoms with Gasteiger partial charge in [-0.05, 0) is 19.4 Å². The van der Waals surface area contributed by atoms with E-state index in [-0.39, 0.29) is 0 Å². The number of imidazole rings is 1. The lowest BCUT2D eigenvalue weighted by molar-refractivity contribution is 0.667. The van der Waals surface area contributed by atoms with E-state index in [0.717, 1.165) is 37.3 Å². The van der Waals surface area contributed by atoms with Gasteiger partial charge in [0.15, 0.2) is 0 Å². The van der Waals surface area contributed by atoms with Gasteiger partial charge in [0.25, 0.3) is 0 Å². The van der Waals surface area contributed by atoms with Gasteiger partial charge < -0.3 is 10.3 Å². The maximum atomic E-state index is 5.48. The van der Waals surface area contributed by atoms with Crippen molar-refractivity contribution in [2.24, 2.45) is 5.73 Å². The molecule has 76 valence electrons. The minimum Gasteiger partial charge on any atom is -0.331 e. The third-order valence-corrected chi connectivity index (χ3v) is 2.41. The van der Waals surface area contributed by atoms with Crippen LogP contribution in [0.1, 0.15) is 19.0 Å². The molecular weight excluding hydrogens is 176 g/mol. The normalized spacial score (nSPS) is 11.3. The molecule has 0 aliphatic heterocycles. The van der Waals surface area contributed by atoms with Crippen molar-refractivity contribution in [3.05, 3.63) is 24.2 Å². The maximum Gasteiger partial charge on any atom is 0.135 e. The number of aryl methyl sites for hydroxylation is 2. The van der Waals surface area contributed by atoms with E-state index in [1.807, 2.05) is 10.7 Å². The van der Waals surface area contributed by atoms with E-state index in [9.17, 15) is 0 Å². The van der Waals surface area contributed by atoms with Crippen LogP contribution < -0.4 is 5.73 Å². The molecule has 14 heavy (non-hydrogen) atoms. The molecule has 4 nitrogen and oxygen atoms in total. The first-order valence-corrected chi connectivity index (χ1v) is 5.08. The van der Waals surface area contributed by atoms with Gasteiger partial charge in [-0.3, -0.25) is 0 Å². The van der Waals surface area contributed by atoms with Crippen LogP contribution in [0.5, 0.6) is 0 Å². The van der Waals surface area contributed by atoms with E-state index in [1.165, 1.54) is 0 Å². The second-order valence-corrected chi connectivity index (χ2v) is 3.43. The summed E-state index contributed by atoms with van der Waals surface area (Å²) < 4.78 is 4.12. The predicted octanol–water partition coefficient (Wildman–Crippen LogP) is 1.05. The number of nitrogens with zero attached hydrogens (tertiary/aromatic N) is 3. The first-order valence-electron chi connectivity index (χ1n) is 5.08. The molecule has 2 aromatic rings. The lowest BCUT2D eigenvalue weighted by Gasteiger charge is -1.99. The van der Waals surface area contributed by atoms with Gasteiger partial charge in [0, 0.05) is 25.0 Å². The SMILES string of the molecule is CCc1cc2n(CCCN)ccn2n1. The monoisotopic (exact) mass is 192 g/mol. The Balaban J connectivity index is 2.30. The number of aromatic nitrogens is 3. The van der Waals surface area contributed by atoms with Crippen molar-refractivity contribution < 1.29 is 0 Å². The van der Waals surface area contributed by atoms with E-state index in [4.69, 9.17) is 5.73 Å². The average molecular weight is 192 g/mol. The van der Waals surface area contributed by atoms with Gasteiger partial charge in [-0.25, -0.2) is 4.52 Å². The predicted molar refractivity (Wildman–Crippen MR) is 56.2 cm³/mol. The molecule has 0 fully saturated rings. The Kier molecular flexibility index (Phi) is 2.54. The van der Waals surface area contributed by atoms with Crippen LogP contribution >= 0.6 is 0 Å². The topological polar surface area (TPSA) is 48.2 Å². The Morgan fingerprint density at radius 3 is 3.00 bits per heavy atom. The first-order chi connectivity index (χ1) is 6.85. The Labute approximate surface area is 83.3 Å². The smallest absolute Gasteiger partial charge is 0.135 e. The molecule has 2 rings (SSSR count). The van der Waals surface area contributed by atoms with Gasteiger partial charge in [-0.1, -0.05) is 6.92 Å². The Morgan fingerprint density at radius 1 is 1.43 bits per heavy atom. The van der Waals surface area contributed by atoms with Gasteiger partial charge in [0.1, 0.15) is 5.65 Å². The second kappa shape index (κ2) is 3.84. The molecule has 0 bridgehead atoms. The fourth-order valence-electron chi connectivity index (χ4n) is 1.60. The molecule has 2 N–H and O–H groups in total. The first kappa shape index (κ1) is 9.27. The van der Waals surface area contributed by atoms with Crippen molar-refractivity contribution in [2.45, 2.75) is 26.3 Å². The minimum absolute atomic E-state index is 0.735. The van der Waals surface area contributed by atoms with Crippen LogP contribution in [0.4, 0.5) is 0 Å². The molecule has 0 aliphatic rings. The van der Waals surface area contributed by atoms with Crippen molar-refractivity contribution in [3.8, 4) is 0 Å². The lowest BCUT2D eigenvalue weighted by Crippen LogP contribution is -2.04. The van der Waals surface area contributed by atoms with Crippen molar-refractivity contribution in [1.29, 1.82) is 0 Å². The van der Waals surface area contributed by atoms with Gasteiger partial charge in [0.2, 0.25) is 0 Å². The molecule has 0 unspecified atom stereocenters. The quantitative estimate of drug-likeness (QED) is 0.787. The number of nitrogens with two attached hydrogens (primary N) is 1. The van der Waals surface area contributed by atoms with Crippen LogP contribution in [-0.4, -0.2) is 20.7 Å². The molecular formula is C10H16N4. The highest BCUT2D eigenvalue weighted by Crippen LogP contribution is 2.08. The van der Waals surface area contributed by atoms with E-state index in [0.29, 0.717) is 0 Å². The number of fused-ring (bicyclic) bond motifs is 1. The van der Waals surface area contributed by atoms with E-state index in [1.54, 1.807) is 0 Å². The molecule has 0 saturated carbocycles. The van der Waals surface area contributed by atoms with Crippen molar-refractivity contribution in [2.75, 3.05) is 6.54 Å². The Hall–Kier alpha value is -1.29. The zero-order valence-corrected chi connectivity index (χ0v) is 8.48. The molecule has 0 aliphatic carbocycles. The van der Waals surface area contributed by atoms with Gasteiger partial charge >= 0.3 is 0 Å². The fourth-order valence-corrected chi connectivity index (χ4v) is 1.60. The number of rotatable bonds is 4. The van der Waals surface area contributed by atoms with Crippen LogP contribution in [0.15, 0.2) is 18.5 Å². The van der Waals surface area contributed by atoms with E-state index >= 15 is 0 Å². The average Bonchev–Trinajstić information content (AvgIpc) is 2.74. The molecule has 0 amide bonds. The second-order valence-electron chi connectivity index (χ2n) is 3.43. The highest BCUT2D eigenvalue weighted by Gasteiger charge is 2.03. The van der Waals surface area contributed by atoms with Crippen LogP contribution in [-0.2, 0) is 13.0 Å². The third-order valence-electron chi connectivity index (χ3n) is 2.41. The molecule has 0 radical (unpaired) electrons. The summed E-state index contributed by atoms with van der Waals surface area (Å²) in [6, 6.07) is 2.14. The maximum absolute atomic E-state index is 5.48. The summed E-state index contributed by atoms with van der Waals surface area (Å²) in [4.78, 5) is 0. The van der Waals surface area contributed by atoms with Crippen molar-refractivity contribution in [1.82, 2.24) is 14.2 Å². The Bertz CT molecular complexity index is 413. The molecule has 0 aromatic carbocycles. The summed E-state index contributed by atoms with van der Waals surface area (Å²) in [5, 5.41) is 4.42. The Morgan fingerprint density at radius 2 is 2.29 bits per heavy atom. The minimum atomic E-state index is 0.735. The largest absolute Gasteiger partial charge is 0.331 e. The summed E-state index contributed by atoms with van der Waals surface area (Å²) in [6.45, 7) is 3.83. The van der Waals surface area contributed by atoms with Crippen LogP contribution in [0, 0.1) is 0 Å². The highest BCUT2D eigenvalue weighted by molar-refractivity contribution is 5.41. The van der Waals surface area contributed by atoms with Gasteiger partial charge in [-0.2, -0.15) is 5.10 Å². The van der Waals surface area contributed by atoms with Crippen LogP contribution in [0.2, 0.25) is 0 Å². The summed E-state index contributed by atoms with van der Waals surface area (Å²) in [5.41, 5.74) is 7.79. The number of hydrogen-bond donors (Lipinski definition) is 1. The standard InChI is InChI=1S/C10H16N4/c1-2-9-8-10-13(5-3-4-11)6-7-14(10)12-9/h6-8H,2-5,11H2,1H3. The molecule has 0 saturated heterocycles. The summed E-state index contributed by atoms with van der Waals surface area (Å²) in [6.07, 6.45) is 6.04. The molecule has 2 aromatic heterocycles. The van der Waals surface area contributed by atoms with Crippen LogP contribution in [0.3, 0.4) is 0 Å². The molecule has 0 atom stereocenters. The lowest BCUT2D eigenvalue weighted by atomic mass is 10.3. The molecule has 2 heterocycles. The highest BCUT2D eigenvalue weighted by atomic mass is 15.3. The third kappa shape index (κ3) is 1.53. The molecule has 4 heteroatoms. The fraction of sp³-hybridized carbons (Fsp3) is 0.500. The summed E-state index contributed by atoms with van der Waals surface area (Å²) >= 11 is 0. The van der Waals surface area contributed by atoms with Crippen molar-refractivity contribution in [3.63, 3.8) is 0 Å². The zero-order valence-electron chi connectivity index (χ0n) is 8.48. The van der Waals surface area contributed by atoms with E-state index < -0.39 is 0 Å².